The maximum absolute atomic E-state index is 14.0. The average Bonchev–Trinajstić information content (AvgIpc) is 3.69. The van der Waals surface area contributed by atoms with Crippen molar-refractivity contribution in [2.24, 2.45) is 0 Å². The van der Waals surface area contributed by atoms with E-state index in [4.69, 9.17) is 4.42 Å². The van der Waals surface area contributed by atoms with Gasteiger partial charge >= 0.3 is 5.69 Å². The van der Waals surface area contributed by atoms with Crippen LogP contribution in [0.1, 0.15) is 0 Å². The van der Waals surface area contributed by atoms with Gasteiger partial charge in [-0.15, -0.1) is 0 Å². The molecule has 49 heavy (non-hydrogen) atoms. The van der Waals surface area contributed by atoms with Crippen LogP contribution in [0.3, 0.4) is 0 Å². The van der Waals surface area contributed by atoms with E-state index in [0.29, 0.717) is 0 Å². The second-order valence-corrected chi connectivity index (χ2v) is 12.4. The molecule has 0 spiro atoms. The number of hydrogen-bond donors (Lipinski definition) is 0. The van der Waals surface area contributed by atoms with E-state index in [1.165, 1.54) is 0 Å². The van der Waals surface area contributed by atoms with Gasteiger partial charge in [0, 0.05) is 21.9 Å². The first kappa shape index (κ1) is 27.5. The number of nitrogens with zero attached hydrogens (tertiary/aromatic N) is 2. The molecule has 2 aromatic heterocycles. The largest absolute Gasteiger partial charge is 0.455 e. The van der Waals surface area contributed by atoms with Crippen LogP contribution in [0.4, 0.5) is 0 Å². The van der Waals surface area contributed by atoms with Gasteiger partial charge in [-0.05, 0) is 75.1 Å². The van der Waals surface area contributed by atoms with Crippen LogP contribution in [0, 0.1) is 0 Å². The molecule has 0 aliphatic rings. The fraction of sp³-hybridized carbons (Fsp3) is 0. The summed E-state index contributed by atoms with van der Waals surface area (Å²) in [7, 11) is 0. The minimum atomic E-state index is -0.0971. The van der Waals surface area contributed by atoms with Crippen LogP contribution in [0.15, 0.2) is 179 Å². The van der Waals surface area contributed by atoms with E-state index >= 15 is 0 Å². The molecular weight excluding hydrogens is 601 g/mol. The molecule has 2 heterocycles. The van der Waals surface area contributed by atoms with Crippen molar-refractivity contribution in [1.82, 2.24) is 9.13 Å². The van der Waals surface area contributed by atoms with Gasteiger partial charge in [0.25, 0.3) is 0 Å². The number of benzene rings is 8. The smallest absolute Gasteiger partial charge is 0.338 e. The molecule has 0 atom stereocenters. The highest BCUT2D eigenvalue weighted by molar-refractivity contribution is 6.24. The second-order valence-electron chi connectivity index (χ2n) is 12.4. The summed E-state index contributed by atoms with van der Waals surface area (Å²) in [5.41, 5.74) is 9.59. The first-order valence-corrected chi connectivity index (χ1v) is 16.5. The Morgan fingerprint density at radius 1 is 0.388 bits per heavy atom. The number of rotatable bonds is 4. The third-order valence-electron chi connectivity index (χ3n) is 9.78. The number of aromatic nitrogens is 2. The Morgan fingerprint density at radius 3 is 1.51 bits per heavy atom. The Balaban J connectivity index is 1.19. The van der Waals surface area contributed by atoms with E-state index < -0.39 is 0 Å². The summed E-state index contributed by atoms with van der Waals surface area (Å²) in [4.78, 5) is 14.0. The van der Waals surface area contributed by atoms with E-state index in [1.54, 1.807) is 9.13 Å². The van der Waals surface area contributed by atoms with Crippen molar-refractivity contribution < 1.29 is 4.42 Å². The first-order chi connectivity index (χ1) is 24.3. The lowest BCUT2D eigenvalue weighted by molar-refractivity contribution is 0.670. The van der Waals surface area contributed by atoms with Crippen molar-refractivity contribution in [2.75, 3.05) is 0 Å². The van der Waals surface area contributed by atoms with Gasteiger partial charge in [-0.1, -0.05) is 127 Å². The van der Waals surface area contributed by atoms with Gasteiger partial charge in [-0.3, -0.25) is 9.13 Å². The molecule has 0 saturated carbocycles. The predicted molar refractivity (Wildman–Crippen MR) is 202 cm³/mol. The number of hydrogen-bond acceptors (Lipinski definition) is 2. The molecule has 4 heteroatoms. The molecule has 0 radical (unpaired) electrons. The summed E-state index contributed by atoms with van der Waals surface area (Å²) in [5.74, 6) is 0. The van der Waals surface area contributed by atoms with Crippen LogP contribution in [0.2, 0.25) is 0 Å². The highest BCUT2D eigenvalue weighted by Crippen LogP contribution is 2.46. The minimum Gasteiger partial charge on any atom is -0.455 e. The van der Waals surface area contributed by atoms with Gasteiger partial charge in [0.2, 0.25) is 0 Å². The lowest BCUT2D eigenvalue weighted by Crippen LogP contribution is -2.22. The number of furan rings is 1. The van der Waals surface area contributed by atoms with Crippen LogP contribution in [0.5, 0.6) is 0 Å². The summed E-state index contributed by atoms with van der Waals surface area (Å²) in [6, 6.07) is 58.2. The molecule has 10 rings (SSSR count). The molecule has 8 aromatic carbocycles. The Hall–Kier alpha value is -6.65. The Bertz CT molecular complexity index is 2890. The zero-order valence-electron chi connectivity index (χ0n) is 26.4. The number of fused-ring (bicyclic) bond motifs is 6. The third kappa shape index (κ3) is 4.07. The summed E-state index contributed by atoms with van der Waals surface area (Å²) in [6.45, 7) is 0. The van der Waals surface area contributed by atoms with Crippen LogP contribution >= 0.6 is 0 Å². The van der Waals surface area contributed by atoms with Gasteiger partial charge in [0.15, 0.2) is 0 Å². The molecule has 230 valence electrons. The topological polar surface area (TPSA) is 40.1 Å². The van der Waals surface area contributed by atoms with E-state index in [0.717, 1.165) is 88.1 Å². The third-order valence-corrected chi connectivity index (χ3v) is 9.78. The maximum Gasteiger partial charge on any atom is 0.338 e. The molecule has 4 nitrogen and oxygen atoms in total. The van der Waals surface area contributed by atoms with E-state index in [-0.39, 0.29) is 5.69 Å². The van der Waals surface area contributed by atoms with Gasteiger partial charge < -0.3 is 4.42 Å². The summed E-state index contributed by atoms with van der Waals surface area (Å²) < 4.78 is 10.1. The molecule has 0 saturated heterocycles. The van der Waals surface area contributed by atoms with Gasteiger partial charge in [-0.25, -0.2) is 4.79 Å². The second kappa shape index (κ2) is 10.7. The van der Waals surface area contributed by atoms with E-state index in [1.807, 2.05) is 66.7 Å². The monoisotopic (exact) mass is 628 g/mol. The number of para-hydroxylation sites is 5. The molecule has 0 unspecified atom stereocenters. The average molecular weight is 629 g/mol. The predicted octanol–water partition coefficient (Wildman–Crippen LogP) is 11.3. The molecule has 0 amide bonds. The van der Waals surface area contributed by atoms with Crippen molar-refractivity contribution in [3.05, 3.63) is 180 Å². The highest BCUT2D eigenvalue weighted by atomic mass is 16.3. The van der Waals surface area contributed by atoms with Crippen LogP contribution in [-0.4, -0.2) is 9.13 Å². The Kier molecular flexibility index (Phi) is 5.99. The SMILES string of the molecule is O=c1n(-c2ccccc2)c2ccccc2n1-c1ccc(-c2c3ccccc3c(-c3cccc4c3oc3ccccc34)c3ccccc23)cc1. The molecule has 0 bridgehead atoms. The highest BCUT2D eigenvalue weighted by Gasteiger charge is 2.21. The van der Waals surface area contributed by atoms with Gasteiger partial charge in [-0.2, -0.15) is 0 Å². The van der Waals surface area contributed by atoms with Crippen molar-refractivity contribution in [2.45, 2.75) is 0 Å². The van der Waals surface area contributed by atoms with Crippen LogP contribution in [0.25, 0.3) is 88.1 Å². The fourth-order valence-electron chi connectivity index (χ4n) is 7.68. The van der Waals surface area contributed by atoms with Gasteiger partial charge in [0.05, 0.1) is 22.4 Å². The van der Waals surface area contributed by atoms with E-state index in [2.05, 4.69) is 103 Å². The van der Waals surface area contributed by atoms with Crippen molar-refractivity contribution in [1.29, 1.82) is 0 Å². The fourth-order valence-corrected chi connectivity index (χ4v) is 7.68. The zero-order chi connectivity index (χ0) is 32.5. The summed E-state index contributed by atoms with van der Waals surface area (Å²) in [5, 5.41) is 6.89. The summed E-state index contributed by atoms with van der Waals surface area (Å²) >= 11 is 0. The quantitative estimate of drug-likeness (QED) is 0.182. The minimum absolute atomic E-state index is 0.0971. The molecule has 0 aliphatic carbocycles. The van der Waals surface area contributed by atoms with Gasteiger partial charge in [0.1, 0.15) is 11.2 Å². The molecular formula is C45H28N2O2. The molecule has 0 N–H and O–H groups in total. The van der Waals surface area contributed by atoms with Crippen molar-refractivity contribution in [3.63, 3.8) is 0 Å². The standard InChI is InChI=1S/C45H28N2O2/c48-45-46(30-13-2-1-3-14-30)39-22-9-10-23-40(39)47(45)31-27-25-29(26-28-31)42-33-16-4-6-18-35(33)43(36-19-7-5-17-34(36)42)38-21-12-20-37-32-15-8-11-24-41(32)49-44(37)38/h1-28H. The maximum atomic E-state index is 14.0. The lowest BCUT2D eigenvalue weighted by atomic mass is 9.85. The normalized spacial score (nSPS) is 11.8. The summed E-state index contributed by atoms with van der Waals surface area (Å²) in [6.07, 6.45) is 0. The lowest BCUT2D eigenvalue weighted by Gasteiger charge is -2.18. The molecule has 0 fully saturated rings. The van der Waals surface area contributed by atoms with Crippen LogP contribution in [-0.2, 0) is 0 Å². The number of imidazole rings is 1. The molecule has 10 aromatic rings. The Morgan fingerprint density at radius 2 is 0.878 bits per heavy atom. The van der Waals surface area contributed by atoms with Crippen molar-refractivity contribution in [3.8, 4) is 33.6 Å². The Labute approximate surface area is 281 Å². The van der Waals surface area contributed by atoms with Crippen LogP contribution < -0.4 is 5.69 Å². The zero-order valence-corrected chi connectivity index (χ0v) is 26.4. The van der Waals surface area contributed by atoms with Crippen molar-refractivity contribution >= 4 is 54.5 Å². The molecule has 0 aliphatic heterocycles. The van der Waals surface area contributed by atoms with E-state index in [9.17, 15) is 4.79 Å². The first-order valence-electron chi connectivity index (χ1n) is 16.5.